The number of fused-ring (bicyclic) bond motifs is 1. The van der Waals surface area contributed by atoms with Crippen molar-refractivity contribution in [2.24, 2.45) is 0 Å². The zero-order valence-corrected chi connectivity index (χ0v) is 20.3. The predicted octanol–water partition coefficient (Wildman–Crippen LogP) is 3.65. The molecule has 192 valence electrons. The molecular weight excluding hydrogens is 470 g/mol. The molecule has 0 spiro atoms. The predicted molar refractivity (Wildman–Crippen MR) is 130 cm³/mol. The second kappa shape index (κ2) is 9.93. The lowest BCUT2D eigenvalue weighted by molar-refractivity contribution is -0.0686. The Balaban J connectivity index is 1.62. The fourth-order valence-corrected chi connectivity index (χ4v) is 5.08. The molecule has 0 bridgehead atoms. The van der Waals surface area contributed by atoms with Crippen LogP contribution in [0, 0.1) is 11.6 Å². The number of nitrogens with zero attached hydrogens (tertiary/aromatic N) is 3. The molecule has 4 heterocycles. The van der Waals surface area contributed by atoms with Gasteiger partial charge in [-0.1, -0.05) is 13.8 Å². The number of aliphatic hydroxyl groups excluding tert-OH is 1. The van der Waals surface area contributed by atoms with Crippen LogP contribution in [0.3, 0.4) is 0 Å². The molecule has 1 aromatic carbocycles. The van der Waals surface area contributed by atoms with E-state index in [1.807, 2.05) is 13.8 Å². The molecule has 10 heteroatoms. The van der Waals surface area contributed by atoms with Crippen LogP contribution >= 0.6 is 0 Å². The molecule has 2 saturated heterocycles. The monoisotopic (exact) mass is 500 g/mol. The minimum Gasteiger partial charge on any atom is -0.389 e. The summed E-state index contributed by atoms with van der Waals surface area (Å²) in [5.41, 5.74) is 0.224. The van der Waals surface area contributed by atoms with Gasteiger partial charge in [-0.15, -0.1) is 0 Å². The Kier molecular flexibility index (Phi) is 6.86. The van der Waals surface area contributed by atoms with E-state index >= 15 is 4.39 Å². The number of pyridine rings is 1. The summed E-state index contributed by atoms with van der Waals surface area (Å²) in [5.74, 6) is -1.48. The third-order valence-electron chi connectivity index (χ3n) is 7.05. The van der Waals surface area contributed by atoms with Crippen LogP contribution in [0.2, 0.25) is 0 Å². The summed E-state index contributed by atoms with van der Waals surface area (Å²) in [6.45, 7) is 5.31. The second-order valence-corrected chi connectivity index (χ2v) is 9.78. The zero-order valence-electron chi connectivity index (χ0n) is 20.3. The summed E-state index contributed by atoms with van der Waals surface area (Å²) < 4.78 is 41.8. The van der Waals surface area contributed by atoms with Gasteiger partial charge in [0.2, 0.25) is 5.95 Å². The van der Waals surface area contributed by atoms with Crippen molar-refractivity contribution in [1.82, 2.24) is 15.0 Å². The molecule has 0 saturated carbocycles. The molecule has 3 aromatic rings. The van der Waals surface area contributed by atoms with E-state index in [1.165, 1.54) is 6.07 Å². The molecule has 0 unspecified atom stereocenters. The Morgan fingerprint density at radius 3 is 2.58 bits per heavy atom. The molecule has 2 aliphatic rings. The van der Waals surface area contributed by atoms with E-state index in [1.54, 1.807) is 12.3 Å². The maximum absolute atomic E-state index is 16.2. The maximum Gasteiger partial charge on any atom is 0.223 e. The quantitative estimate of drug-likeness (QED) is 0.487. The first kappa shape index (κ1) is 24.9. The van der Waals surface area contributed by atoms with Crippen molar-refractivity contribution in [1.29, 1.82) is 0 Å². The van der Waals surface area contributed by atoms with Crippen molar-refractivity contribution >= 4 is 16.9 Å². The fourth-order valence-electron chi connectivity index (χ4n) is 5.08. The Morgan fingerprint density at radius 2 is 1.86 bits per heavy atom. The Labute approximate surface area is 207 Å². The van der Waals surface area contributed by atoms with Gasteiger partial charge in [0.1, 0.15) is 11.5 Å². The third kappa shape index (κ3) is 4.54. The van der Waals surface area contributed by atoms with Gasteiger partial charge >= 0.3 is 0 Å². The van der Waals surface area contributed by atoms with Crippen LogP contribution in [-0.2, 0) is 15.1 Å². The van der Waals surface area contributed by atoms with Crippen molar-refractivity contribution < 1.29 is 28.5 Å². The van der Waals surface area contributed by atoms with Gasteiger partial charge < -0.3 is 25.0 Å². The number of anilines is 1. The van der Waals surface area contributed by atoms with E-state index in [2.05, 4.69) is 20.3 Å². The van der Waals surface area contributed by atoms with Crippen molar-refractivity contribution in [3.05, 3.63) is 47.3 Å². The number of hydrogen-bond acceptors (Lipinski definition) is 8. The number of hydrogen-bond donors (Lipinski definition) is 3. The molecule has 3 N–H and O–H groups in total. The average molecular weight is 501 g/mol. The molecule has 36 heavy (non-hydrogen) atoms. The maximum atomic E-state index is 16.2. The third-order valence-corrected chi connectivity index (χ3v) is 7.05. The molecule has 2 aliphatic heterocycles. The zero-order chi connectivity index (χ0) is 25.4. The smallest absolute Gasteiger partial charge is 0.223 e. The van der Waals surface area contributed by atoms with Crippen LogP contribution < -0.4 is 5.32 Å². The SMILES string of the molecule is CC(C)c1c(C2(O)CCOCC2)cnc2ccc(-c3nc(N[C@@H]4CCOC[C@H]4O)ncc3F)c(F)c12. The van der Waals surface area contributed by atoms with Gasteiger partial charge in [0.25, 0.3) is 0 Å². The van der Waals surface area contributed by atoms with E-state index in [9.17, 15) is 14.6 Å². The van der Waals surface area contributed by atoms with Crippen LogP contribution in [-0.4, -0.2) is 63.7 Å². The summed E-state index contributed by atoms with van der Waals surface area (Å²) in [5, 5.41) is 24.8. The Bertz CT molecular complexity index is 1270. The van der Waals surface area contributed by atoms with Gasteiger partial charge in [0.05, 0.1) is 36.1 Å². The van der Waals surface area contributed by atoms with Crippen molar-refractivity contribution in [2.75, 3.05) is 31.7 Å². The Morgan fingerprint density at radius 1 is 1.08 bits per heavy atom. The number of ether oxygens (including phenoxy) is 2. The molecule has 5 rings (SSSR count). The highest BCUT2D eigenvalue weighted by atomic mass is 19.1. The number of halogens is 2. The number of rotatable bonds is 5. The number of nitrogens with one attached hydrogen (secondary N) is 1. The van der Waals surface area contributed by atoms with Gasteiger partial charge in [-0.05, 0) is 30.0 Å². The molecule has 0 radical (unpaired) electrons. The summed E-state index contributed by atoms with van der Waals surface area (Å²) in [6, 6.07) is 2.72. The number of aliphatic hydroxyl groups is 2. The van der Waals surface area contributed by atoms with E-state index in [-0.39, 0.29) is 41.2 Å². The first-order valence-electron chi connectivity index (χ1n) is 12.3. The normalized spacial score (nSPS) is 22.2. The average Bonchev–Trinajstić information content (AvgIpc) is 2.87. The van der Waals surface area contributed by atoms with Crippen LogP contribution in [0.15, 0.2) is 24.5 Å². The molecule has 8 nitrogen and oxygen atoms in total. The molecule has 0 aliphatic carbocycles. The van der Waals surface area contributed by atoms with Crippen molar-refractivity contribution in [2.45, 2.75) is 56.8 Å². The van der Waals surface area contributed by atoms with Gasteiger partial charge in [0.15, 0.2) is 5.82 Å². The van der Waals surface area contributed by atoms with Crippen LogP contribution in [0.1, 0.15) is 50.2 Å². The van der Waals surface area contributed by atoms with Crippen LogP contribution in [0.5, 0.6) is 0 Å². The lowest BCUT2D eigenvalue weighted by Gasteiger charge is -2.35. The summed E-state index contributed by atoms with van der Waals surface area (Å²) >= 11 is 0. The summed E-state index contributed by atoms with van der Waals surface area (Å²) in [7, 11) is 0. The van der Waals surface area contributed by atoms with E-state index in [4.69, 9.17) is 9.47 Å². The largest absolute Gasteiger partial charge is 0.389 e. The van der Waals surface area contributed by atoms with Crippen LogP contribution in [0.4, 0.5) is 14.7 Å². The van der Waals surface area contributed by atoms with Crippen LogP contribution in [0.25, 0.3) is 22.2 Å². The van der Waals surface area contributed by atoms with Gasteiger partial charge in [-0.2, -0.15) is 0 Å². The Hall–Kier alpha value is -2.79. The molecule has 2 aromatic heterocycles. The second-order valence-electron chi connectivity index (χ2n) is 9.78. The van der Waals surface area contributed by atoms with Gasteiger partial charge in [-0.3, -0.25) is 4.98 Å². The minimum atomic E-state index is -1.18. The standard InChI is InChI=1S/C26H30F2N4O4/c1-14(2)21-16(26(34)6-9-35-10-7-26)11-29-19-4-3-15(23(28)22(19)21)24-17(27)12-30-25(32-24)31-18-5-8-36-13-20(18)33/h3-4,11-12,14,18,20,33-34H,5-10,13H2,1-2H3,(H,30,31,32)/t18-,20-/m1/s1. The highest BCUT2D eigenvalue weighted by Gasteiger charge is 2.36. The molecule has 2 fully saturated rings. The highest BCUT2D eigenvalue weighted by molar-refractivity contribution is 5.89. The summed E-state index contributed by atoms with van der Waals surface area (Å²) in [4.78, 5) is 12.7. The first-order valence-corrected chi connectivity index (χ1v) is 12.3. The number of benzene rings is 1. The van der Waals surface area contributed by atoms with Gasteiger partial charge in [0, 0.05) is 55.4 Å². The lowest BCUT2D eigenvalue weighted by Crippen LogP contribution is -2.42. The summed E-state index contributed by atoms with van der Waals surface area (Å²) in [6.07, 6.45) is 3.14. The highest BCUT2D eigenvalue weighted by Crippen LogP contribution is 2.41. The fraction of sp³-hybridized carbons (Fsp3) is 0.500. The molecule has 0 amide bonds. The van der Waals surface area contributed by atoms with Crippen molar-refractivity contribution in [3.63, 3.8) is 0 Å². The topological polar surface area (TPSA) is 110 Å². The minimum absolute atomic E-state index is 0.0298. The van der Waals surface area contributed by atoms with E-state index < -0.39 is 23.3 Å². The van der Waals surface area contributed by atoms with Gasteiger partial charge in [-0.25, -0.2) is 18.7 Å². The number of aromatic nitrogens is 3. The first-order chi connectivity index (χ1) is 17.3. The van der Waals surface area contributed by atoms with E-state index in [0.717, 1.165) is 6.20 Å². The van der Waals surface area contributed by atoms with Crippen molar-refractivity contribution in [3.8, 4) is 11.3 Å². The lowest BCUT2D eigenvalue weighted by atomic mass is 9.80. The van der Waals surface area contributed by atoms with E-state index in [0.29, 0.717) is 55.7 Å². The molecular formula is C26H30F2N4O4. The molecule has 2 atom stereocenters.